The van der Waals surface area contributed by atoms with Crippen molar-refractivity contribution in [2.45, 2.75) is 25.7 Å². The van der Waals surface area contributed by atoms with E-state index in [4.69, 9.17) is 0 Å². The van der Waals surface area contributed by atoms with Crippen LogP contribution in [0.5, 0.6) is 0 Å². The van der Waals surface area contributed by atoms with Crippen molar-refractivity contribution in [2.75, 3.05) is 0 Å². The maximum Gasteiger partial charge on any atom is 0.230 e. The lowest BCUT2D eigenvalue weighted by Crippen LogP contribution is -2.44. The Morgan fingerprint density at radius 3 is 2.61 bits per heavy atom. The summed E-state index contributed by atoms with van der Waals surface area (Å²) in [5.74, 6) is -0.497. The number of amides is 2. The van der Waals surface area contributed by atoms with Crippen LogP contribution in [-0.4, -0.2) is 11.8 Å². The summed E-state index contributed by atoms with van der Waals surface area (Å²) in [6.07, 6.45) is 1.11. The molecule has 0 aromatic heterocycles. The third-order valence-electron chi connectivity index (χ3n) is 3.30. The molecule has 2 atom stereocenters. The first kappa shape index (κ1) is 13.7. The van der Waals surface area contributed by atoms with E-state index in [-0.39, 0.29) is 23.7 Å². The van der Waals surface area contributed by atoms with Gasteiger partial charge in [-0.05, 0) is 56.0 Å². The average Bonchev–Trinajstić information content (AvgIpc) is 2.32. The predicted molar refractivity (Wildman–Crippen MR) is 76.1 cm³/mol. The van der Waals surface area contributed by atoms with Gasteiger partial charge in [-0.2, -0.15) is 0 Å². The highest BCUT2D eigenvalue weighted by Gasteiger charge is 2.35. The molecule has 1 saturated heterocycles. The van der Waals surface area contributed by atoms with Gasteiger partial charge in [0.2, 0.25) is 11.8 Å². The minimum absolute atomic E-state index is 0.0272. The molecule has 2 amide bonds. The van der Waals surface area contributed by atoms with Crippen LogP contribution in [0.1, 0.15) is 31.2 Å². The van der Waals surface area contributed by atoms with E-state index in [0.717, 1.165) is 20.9 Å². The third kappa shape index (κ3) is 2.67. The van der Waals surface area contributed by atoms with Crippen molar-refractivity contribution in [1.29, 1.82) is 0 Å². The zero-order chi connectivity index (χ0) is 13.3. The van der Waals surface area contributed by atoms with E-state index in [1.807, 2.05) is 25.1 Å². The normalized spacial score (nSPS) is 23.9. The molecule has 1 aliphatic heterocycles. The van der Waals surface area contributed by atoms with Crippen molar-refractivity contribution < 1.29 is 9.59 Å². The van der Waals surface area contributed by atoms with Crippen molar-refractivity contribution in [3.63, 3.8) is 0 Å². The standard InChI is InChI=1S/C13H13Br2NO2/c1-2-8-9(6-12(17)16-13(8)18)7-3-4-10(14)11(15)5-7/h3-5,8-9H,2,6H2,1H3,(H,16,17,18). The minimum Gasteiger partial charge on any atom is -0.296 e. The maximum atomic E-state index is 11.8. The second-order valence-electron chi connectivity index (χ2n) is 4.41. The number of benzene rings is 1. The quantitative estimate of drug-likeness (QED) is 0.806. The minimum atomic E-state index is -0.186. The second kappa shape index (κ2) is 5.53. The molecule has 0 bridgehead atoms. The molecule has 1 heterocycles. The summed E-state index contributed by atoms with van der Waals surface area (Å²) < 4.78 is 1.90. The molecule has 0 aliphatic carbocycles. The van der Waals surface area contributed by atoms with Crippen molar-refractivity contribution >= 4 is 43.7 Å². The van der Waals surface area contributed by atoms with Crippen LogP contribution >= 0.6 is 31.9 Å². The highest BCUT2D eigenvalue weighted by Crippen LogP contribution is 2.36. The number of rotatable bonds is 2. The smallest absolute Gasteiger partial charge is 0.230 e. The molecule has 2 rings (SSSR count). The zero-order valence-electron chi connectivity index (χ0n) is 9.87. The van der Waals surface area contributed by atoms with Gasteiger partial charge in [0.1, 0.15) is 0 Å². The van der Waals surface area contributed by atoms with E-state index >= 15 is 0 Å². The van der Waals surface area contributed by atoms with Crippen molar-refractivity contribution in [2.24, 2.45) is 5.92 Å². The molecular formula is C13H13Br2NO2. The van der Waals surface area contributed by atoms with Gasteiger partial charge in [0.05, 0.1) is 0 Å². The number of piperidine rings is 1. The van der Waals surface area contributed by atoms with E-state index in [1.165, 1.54) is 0 Å². The summed E-state index contributed by atoms with van der Waals surface area (Å²) >= 11 is 6.87. The first-order valence-corrected chi connectivity index (χ1v) is 7.40. The number of hydrogen-bond donors (Lipinski definition) is 1. The fraction of sp³-hybridized carbons (Fsp3) is 0.385. The lowest BCUT2D eigenvalue weighted by molar-refractivity contribution is -0.137. The Bertz CT molecular complexity index is 502. The van der Waals surface area contributed by atoms with E-state index < -0.39 is 0 Å². The molecule has 1 aromatic rings. The van der Waals surface area contributed by atoms with Gasteiger partial charge in [0.15, 0.2) is 0 Å². The summed E-state index contributed by atoms with van der Waals surface area (Å²) in [5, 5.41) is 2.41. The average molecular weight is 375 g/mol. The van der Waals surface area contributed by atoms with Gasteiger partial charge in [-0.25, -0.2) is 0 Å². The molecule has 1 aromatic carbocycles. The van der Waals surface area contributed by atoms with Gasteiger partial charge in [-0.15, -0.1) is 0 Å². The molecule has 2 unspecified atom stereocenters. The molecule has 3 nitrogen and oxygen atoms in total. The van der Waals surface area contributed by atoms with Crippen LogP contribution in [0.2, 0.25) is 0 Å². The number of halogens is 2. The molecule has 5 heteroatoms. The number of imide groups is 1. The topological polar surface area (TPSA) is 46.2 Å². The van der Waals surface area contributed by atoms with Gasteiger partial charge in [0, 0.05) is 27.2 Å². The van der Waals surface area contributed by atoms with Gasteiger partial charge >= 0.3 is 0 Å². The Morgan fingerprint density at radius 1 is 1.28 bits per heavy atom. The van der Waals surface area contributed by atoms with Gasteiger partial charge in [-0.3, -0.25) is 14.9 Å². The van der Waals surface area contributed by atoms with Crippen LogP contribution < -0.4 is 5.32 Å². The summed E-state index contributed by atoms with van der Waals surface area (Å²) in [4.78, 5) is 23.3. The van der Waals surface area contributed by atoms with Crippen LogP contribution in [0.3, 0.4) is 0 Å². The van der Waals surface area contributed by atoms with Crippen LogP contribution in [0.25, 0.3) is 0 Å². The predicted octanol–water partition coefficient (Wildman–Crippen LogP) is 3.37. The Morgan fingerprint density at radius 2 is 2.00 bits per heavy atom. The molecule has 18 heavy (non-hydrogen) atoms. The number of carbonyl (C=O) groups is 2. The van der Waals surface area contributed by atoms with Crippen LogP contribution in [0.15, 0.2) is 27.1 Å². The SMILES string of the molecule is CCC1C(=O)NC(=O)CC1c1ccc(Br)c(Br)c1. The fourth-order valence-corrected chi connectivity index (χ4v) is 3.01. The van der Waals surface area contributed by atoms with Crippen LogP contribution in [-0.2, 0) is 9.59 Å². The first-order valence-electron chi connectivity index (χ1n) is 5.81. The lowest BCUT2D eigenvalue weighted by atomic mass is 9.79. The van der Waals surface area contributed by atoms with Gasteiger partial charge < -0.3 is 0 Å². The highest BCUT2D eigenvalue weighted by atomic mass is 79.9. The molecule has 0 radical (unpaired) electrons. The van der Waals surface area contributed by atoms with E-state index in [0.29, 0.717) is 6.42 Å². The monoisotopic (exact) mass is 373 g/mol. The number of hydrogen-bond acceptors (Lipinski definition) is 2. The number of nitrogens with one attached hydrogen (secondary N) is 1. The van der Waals surface area contributed by atoms with Crippen LogP contribution in [0, 0.1) is 5.92 Å². The number of carbonyl (C=O) groups excluding carboxylic acids is 2. The summed E-state index contributed by atoms with van der Waals surface area (Å²) in [6, 6.07) is 5.88. The maximum absolute atomic E-state index is 11.8. The van der Waals surface area contributed by atoms with Crippen LogP contribution in [0.4, 0.5) is 0 Å². The van der Waals surface area contributed by atoms with Crippen molar-refractivity contribution in [1.82, 2.24) is 5.32 Å². The summed E-state index contributed by atoms with van der Waals surface area (Å²) in [5.41, 5.74) is 1.03. The molecule has 1 fully saturated rings. The second-order valence-corrected chi connectivity index (χ2v) is 6.12. The third-order valence-corrected chi connectivity index (χ3v) is 5.18. The first-order chi connectivity index (χ1) is 8.52. The largest absolute Gasteiger partial charge is 0.296 e. The van der Waals surface area contributed by atoms with Gasteiger partial charge in [-0.1, -0.05) is 13.0 Å². The molecule has 96 valence electrons. The molecule has 0 saturated carbocycles. The summed E-state index contributed by atoms with van der Waals surface area (Å²) in [7, 11) is 0. The Labute approximate surface area is 123 Å². The van der Waals surface area contributed by atoms with E-state index in [2.05, 4.69) is 37.2 Å². The van der Waals surface area contributed by atoms with E-state index in [1.54, 1.807) is 0 Å². The Hall–Kier alpha value is -0.680. The zero-order valence-corrected chi connectivity index (χ0v) is 13.0. The molecule has 1 N–H and O–H groups in total. The highest BCUT2D eigenvalue weighted by molar-refractivity contribution is 9.13. The fourth-order valence-electron chi connectivity index (χ4n) is 2.37. The van der Waals surface area contributed by atoms with Gasteiger partial charge in [0.25, 0.3) is 0 Å². The molecule has 1 aliphatic rings. The Kier molecular flexibility index (Phi) is 4.22. The Balaban J connectivity index is 2.36. The van der Waals surface area contributed by atoms with Crippen molar-refractivity contribution in [3.8, 4) is 0 Å². The lowest BCUT2D eigenvalue weighted by Gasteiger charge is -2.29. The summed E-state index contributed by atoms with van der Waals surface area (Å²) in [6.45, 7) is 1.97. The molecular weight excluding hydrogens is 362 g/mol. The molecule has 0 spiro atoms. The van der Waals surface area contributed by atoms with E-state index in [9.17, 15) is 9.59 Å². The van der Waals surface area contributed by atoms with Crippen molar-refractivity contribution in [3.05, 3.63) is 32.7 Å².